The Morgan fingerprint density at radius 2 is 2.15 bits per heavy atom. The molecule has 0 saturated heterocycles. The van der Waals surface area contributed by atoms with Crippen LogP contribution in [0.2, 0.25) is 0 Å². The van der Waals surface area contributed by atoms with Gasteiger partial charge in [0.1, 0.15) is 0 Å². The van der Waals surface area contributed by atoms with Crippen molar-refractivity contribution in [2.75, 3.05) is 11.1 Å². The van der Waals surface area contributed by atoms with Crippen molar-refractivity contribution in [2.45, 2.75) is 19.8 Å². The molecule has 3 nitrogen and oxygen atoms in total. The van der Waals surface area contributed by atoms with Gasteiger partial charge in [-0.15, -0.1) is 0 Å². The minimum atomic E-state index is 0.0600. The summed E-state index contributed by atoms with van der Waals surface area (Å²) in [6.45, 7) is 2.04. The highest BCUT2D eigenvalue weighted by Gasteiger charge is 2.17. The molecule has 1 aliphatic heterocycles. The molecule has 0 spiro atoms. The largest absolute Gasteiger partial charge is 0.397 e. The fourth-order valence-corrected chi connectivity index (χ4v) is 1.68. The van der Waals surface area contributed by atoms with E-state index in [2.05, 4.69) is 5.32 Å². The fourth-order valence-electron chi connectivity index (χ4n) is 1.68. The van der Waals surface area contributed by atoms with Crippen molar-refractivity contribution >= 4 is 17.3 Å². The van der Waals surface area contributed by atoms with Crippen LogP contribution in [0.3, 0.4) is 0 Å². The van der Waals surface area contributed by atoms with Crippen molar-refractivity contribution in [3.8, 4) is 0 Å². The summed E-state index contributed by atoms with van der Waals surface area (Å²) in [6.07, 6.45) is 1.37. The molecule has 0 radical (unpaired) electrons. The van der Waals surface area contributed by atoms with E-state index in [-0.39, 0.29) is 5.91 Å². The van der Waals surface area contributed by atoms with Gasteiger partial charge in [0.25, 0.3) is 0 Å². The number of aryl methyl sites for hydroxylation is 1. The molecule has 0 aromatic heterocycles. The summed E-state index contributed by atoms with van der Waals surface area (Å²) in [4.78, 5) is 11.1. The number of benzene rings is 1. The molecule has 0 saturated carbocycles. The summed E-state index contributed by atoms with van der Waals surface area (Å²) >= 11 is 0. The van der Waals surface area contributed by atoms with Crippen molar-refractivity contribution in [3.05, 3.63) is 23.3 Å². The van der Waals surface area contributed by atoms with Crippen LogP contribution in [-0.2, 0) is 11.2 Å². The van der Waals surface area contributed by atoms with E-state index in [1.165, 1.54) is 11.1 Å². The number of anilines is 2. The molecule has 1 heterocycles. The van der Waals surface area contributed by atoms with Crippen LogP contribution in [0.25, 0.3) is 0 Å². The summed E-state index contributed by atoms with van der Waals surface area (Å²) in [6, 6.07) is 3.82. The highest BCUT2D eigenvalue weighted by molar-refractivity contribution is 5.97. The minimum absolute atomic E-state index is 0.0600. The van der Waals surface area contributed by atoms with Crippen LogP contribution in [0.5, 0.6) is 0 Å². The van der Waals surface area contributed by atoms with E-state index in [0.717, 1.165) is 12.1 Å². The van der Waals surface area contributed by atoms with E-state index >= 15 is 0 Å². The van der Waals surface area contributed by atoms with Gasteiger partial charge in [0.2, 0.25) is 5.91 Å². The van der Waals surface area contributed by atoms with Crippen molar-refractivity contribution < 1.29 is 4.79 Å². The van der Waals surface area contributed by atoms with Gasteiger partial charge in [0.05, 0.1) is 11.4 Å². The summed E-state index contributed by atoms with van der Waals surface area (Å²) in [7, 11) is 0. The van der Waals surface area contributed by atoms with Gasteiger partial charge in [-0.3, -0.25) is 4.79 Å². The van der Waals surface area contributed by atoms with E-state index in [9.17, 15) is 4.79 Å². The Labute approximate surface area is 76.9 Å². The second kappa shape index (κ2) is 2.76. The molecule has 0 unspecified atom stereocenters. The van der Waals surface area contributed by atoms with Crippen molar-refractivity contribution in [3.63, 3.8) is 0 Å². The van der Waals surface area contributed by atoms with E-state index in [1.54, 1.807) is 0 Å². The van der Waals surface area contributed by atoms with E-state index in [4.69, 9.17) is 5.73 Å². The van der Waals surface area contributed by atoms with Gasteiger partial charge in [-0.25, -0.2) is 0 Å². The standard InChI is InChI=1S/C10H12N2O/c1-6-2-4-8(11)10-7(6)3-5-9(13)12-10/h2,4H,3,5,11H2,1H3,(H,12,13). The van der Waals surface area contributed by atoms with E-state index < -0.39 is 0 Å². The number of hydrogen-bond donors (Lipinski definition) is 2. The number of rotatable bonds is 0. The predicted molar refractivity (Wildman–Crippen MR) is 52.5 cm³/mol. The molecule has 3 N–H and O–H groups in total. The third-order valence-electron chi connectivity index (χ3n) is 2.45. The lowest BCUT2D eigenvalue weighted by molar-refractivity contribution is -0.116. The van der Waals surface area contributed by atoms with Crippen LogP contribution < -0.4 is 11.1 Å². The first-order chi connectivity index (χ1) is 6.18. The fraction of sp³-hybridized carbons (Fsp3) is 0.300. The van der Waals surface area contributed by atoms with Gasteiger partial charge >= 0.3 is 0 Å². The average Bonchev–Trinajstić information content (AvgIpc) is 2.12. The number of nitrogen functional groups attached to an aromatic ring is 1. The van der Waals surface area contributed by atoms with Gasteiger partial charge in [-0.2, -0.15) is 0 Å². The monoisotopic (exact) mass is 176 g/mol. The number of nitrogens with two attached hydrogens (primary N) is 1. The number of nitrogens with one attached hydrogen (secondary N) is 1. The molecular weight excluding hydrogens is 164 g/mol. The molecule has 1 aromatic carbocycles. The molecule has 0 bridgehead atoms. The van der Waals surface area contributed by atoms with Gasteiger partial charge in [-0.05, 0) is 30.5 Å². The highest BCUT2D eigenvalue weighted by Crippen LogP contribution is 2.30. The lowest BCUT2D eigenvalue weighted by Gasteiger charge is -2.20. The Balaban J connectivity index is 2.57. The van der Waals surface area contributed by atoms with E-state index in [0.29, 0.717) is 12.1 Å². The molecule has 1 amide bonds. The minimum Gasteiger partial charge on any atom is -0.397 e. The Kier molecular flexibility index (Phi) is 1.72. The summed E-state index contributed by atoms with van der Waals surface area (Å²) in [5.41, 5.74) is 9.61. The second-order valence-electron chi connectivity index (χ2n) is 3.37. The first-order valence-corrected chi connectivity index (χ1v) is 4.36. The maximum atomic E-state index is 11.1. The average molecular weight is 176 g/mol. The van der Waals surface area contributed by atoms with Crippen LogP contribution in [0.1, 0.15) is 17.5 Å². The quantitative estimate of drug-likeness (QED) is 0.588. The Hall–Kier alpha value is -1.51. The zero-order valence-corrected chi connectivity index (χ0v) is 7.55. The van der Waals surface area contributed by atoms with Crippen LogP contribution in [0.15, 0.2) is 12.1 Å². The molecule has 1 aliphatic rings. The molecule has 1 aromatic rings. The summed E-state index contributed by atoms with van der Waals surface area (Å²) in [5, 5.41) is 2.81. The van der Waals surface area contributed by atoms with E-state index in [1.807, 2.05) is 19.1 Å². The molecule has 0 atom stereocenters. The molecule has 13 heavy (non-hydrogen) atoms. The number of fused-ring (bicyclic) bond motifs is 1. The maximum absolute atomic E-state index is 11.1. The van der Waals surface area contributed by atoms with Gasteiger partial charge in [0, 0.05) is 6.42 Å². The van der Waals surface area contributed by atoms with Crippen molar-refractivity contribution in [1.82, 2.24) is 0 Å². The smallest absolute Gasteiger partial charge is 0.224 e. The third-order valence-corrected chi connectivity index (χ3v) is 2.45. The summed E-state index contributed by atoms with van der Waals surface area (Å²) < 4.78 is 0. The maximum Gasteiger partial charge on any atom is 0.224 e. The molecular formula is C10H12N2O. The zero-order valence-electron chi connectivity index (χ0n) is 7.55. The Morgan fingerprint density at radius 1 is 1.38 bits per heavy atom. The van der Waals surface area contributed by atoms with Gasteiger partial charge in [-0.1, -0.05) is 6.07 Å². The first-order valence-electron chi connectivity index (χ1n) is 4.36. The highest BCUT2D eigenvalue weighted by atomic mass is 16.1. The number of hydrogen-bond acceptors (Lipinski definition) is 2. The van der Waals surface area contributed by atoms with Crippen molar-refractivity contribution in [2.24, 2.45) is 0 Å². The predicted octanol–water partition coefficient (Wildman–Crippen LogP) is 1.46. The number of carbonyl (C=O) groups excluding carboxylic acids is 1. The molecule has 2 rings (SSSR count). The second-order valence-corrected chi connectivity index (χ2v) is 3.37. The third kappa shape index (κ3) is 1.26. The lowest BCUT2D eigenvalue weighted by atomic mass is 9.97. The molecule has 0 fully saturated rings. The Bertz CT molecular complexity index is 371. The molecule has 68 valence electrons. The Morgan fingerprint density at radius 3 is 2.92 bits per heavy atom. The SMILES string of the molecule is Cc1ccc(N)c2c1CCC(=O)N2. The number of amides is 1. The normalized spacial score (nSPS) is 15.0. The summed E-state index contributed by atoms with van der Waals surface area (Å²) in [5.74, 6) is 0.0600. The lowest BCUT2D eigenvalue weighted by Crippen LogP contribution is -2.20. The van der Waals surface area contributed by atoms with Gasteiger partial charge in [0.15, 0.2) is 0 Å². The number of carbonyl (C=O) groups is 1. The molecule has 0 aliphatic carbocycles. The van der Waals surface area contributed by atoms with Crippen molar-refractivity contribution in [1.29, 1.82) is 0 Å². The van der Waals surface area contributed by atoms with Crippen LogP contribution in [0.4, 0.5) is 11.4 Å². The van der Waals surface area contributed by atoms with Crippen LogP contribution >= 0.6 is 0 Å². The first kappa shape index (κ1) is 8.10. The van der Waals surface area contributed by atoms with Crippen LogP contribution in [-0.4, -0.2) is 5.91 Å². The topological polar surface area (TPSA) is 55.1 Å². The van der Waals surface area contributed by atoms with Crippen LogP contribution in [0, 0.1) is 6.92 Å². The zero-order chi connectivity index (χ0) is 9.42. The molecule has 3 heteroatoms. The van der Waals surface area contributed by atoms with Gasteiger partial charge < -0.3 is 11.1 Å².